The van der Waals surface area contributed by atoms with Gasteiger partial charge < -0.3 is 9.15 Å². The molecule has 0 saturated carbocycles. The maximum atomic E-state index is 6.58. The zero-order chi connectivity index (χ0) is 31.5. The van der Waals surface area contributed by atoms with Gasteiger partial charge in [0.2, 0.25) is 5.89 Å². The van der Waals surface area contributed by atoms with E-state index in [1.54, 1.807) is 0 Å². The van der Waals surface area contributed by atoms with Crippen LogP contribution in [-0.4, -0.2) is 19.9 Å². The maximum Gasteiger partial charge on any atom is 0.227 e. The Labute approximate surface area is 268 Å². The lowest BCUT2D eigenvalue weighted by Crippen LogP contribution is -2.04. The number of fused-ring (bicyclic) bond motifs is 1. The zero-order valence-corrected chi connectivity index (χ0v) is 25.7. The van der Waals surface area contributed by atoms with Crippen molar-refractivity contribution in [2.45, 2.75) is 26.2 Å². The van der Waals surface area contributed by atoms with Gasteiger partial charge in [-0.2, -0.15) is 0 Å². The summed E-state index contributed by atoms with van der Waals surface area (Å²) in [5.41, 5.74) is 6.69. The number of benzene rings is 5. The smallest absolute Gasteiger partial charge is 0.227 e. The molecule has 0 aliphatic carbocycles. The van der Waals surface area contributed by atoms with Crippen molar-refractivity contribution in [1.29, 1.82) is 0 Å². The molecule has 1 atom stereocenters. The fraction of sp³-hybridized carbons (Fsp3) is 0.100. The summed E-state index contributed by atoms with van der Waals surface area (Å²) in [5, 5.41) is 0. The zero-order valence-electron chi connectivity index (χ0n) is 25.7. The number of oxazole rings is 1. The van der Waals surface area contributed by atoms with E-state index in [0.29, 0.717) is 35.0 Å². The standard InChI is InChI=1S/C40H32N4O2/c1-4-26(2)31-19-11-13-21-35(31)45-27(3)33-25-30(40-41-34-20-12-14-22-36(34)46-40)23-24-32(33)39-43-37(28-15-7-5-8-16-28)42-38(44-39)29-17-9-6-10-18-29/h5-26H,3-4H2,1-2H3. The Bertz CT molecular complexity index is 2070. The second-order valence-electron chi connectivity index (χ2n) is 11.2. The van der Waals surface area contributed by atoms with Crippen molar-refractivity contribution in [3.8, 4) is 51.4 Å². The molecule has 0 saturated heterocycles. The van der Waals surface area contributed by atoms with Crippen molar-refractivity contribution in [3.63, 3.8) is 0 Å². The van der Waals surface area contributed by atoms with Gasteiger partial charge in [-0.1, -0.05) is 111 Å². The van der Waals surface area contributed by atoms with Crippen LogP contribution in [0.25, 0.3) is 62.5 Å². The molecule has 6 heteroatoms. The van der Waals surface area contributed by atoms with Crippen molar-refractivity contribution < 1.29 is 9.15 Å². The number of hydrogen-bond acceptors (Lipinski definition) is 6. The molecule has 0 bridgehead atoms. The van der Waals surface area contributed by atoms with Gasteiger partial charge in [-0.05, 0) is 54.3 Å². The minimum absolute atomic E-state index is 0.319. The Kier molecular flexibility index (Phi) is 7.92. The van der Waals surface area contributed by atoms with Gasteiger partial charge in [0.05, 0.1) is 0 Å². The van der Waals surface area contributed by atoms with E-state index in [2.05, 4.69) is 26.5 Å². The van der Waals surface area contributed by atoms with Gasteiger partial charge >= 0.3 is 0 Å². The van der Waals surface area contributed by atoms with Crippen molar-refractivity contribution in [2.75, 3.05) is 0 Å². The molecule has 0 N–H and O–H groups in total. The van der Waals surface area contributed by atoms with Crippen LogP contribution >= 0.6 is 0 Å². The number of para-hydroxylation sites is 3. The van der Waals surface area contributed by atoms with E-state index < -0.39 is 0 Å². The molecule has 46 heavy (non-hydrogen) atoms. The molecular formula is C40H32N4O2. The minimum atomic E-state index is 0.319. The van der Waals surface area contributed by atoms with E-state index in [1.807, 2.05) is 121 Å². The minimum Gasteiger partial charge on any atom is -0.457 e. The maximum absolute atomic E-state index is 6.58. The summed E-state index contributed by atoms with van der Waals surface area (Å²) in [6, 6.07) is 41.6. The van der Waals surface area contributed by atoms with Crippen LogP contribution in [0.15, 0.2) is 138 Å². The number of nitrogens with zero attached hydrogens (tertiary/aromatic N) is 4. The molecule has 5 aromatic carbocycles. The van der Waals surface area contributed by atoms with Crippen LogP contribution in [0.4, 0.5) is 0 Å². The molecule has 7 rings (SSSR count). The molecule has 7 aromatic rings. The first kappa shape index (κ1) is 28.9. The van der Waals surface area contributed by atoms with Crippen LogP contribution in [-0.2, 0) is 0 Å². The van der Waals surface area contributed by atoms with Gasteiger partial charge in [0.15, 0.2) is 23.1 Å². The molecule has 0 amide bonds. The largest absolute Gasteiger partial charge is 0.457 e. The highest BCUT2D eigenvalue weighted by Crippen LogP contribution is 2.37. The number of rotatable bonds is 9. The summed E-state index contributed by atoms with van der Waals surface area (Å²) in [4.78, 5) is 19.6. The molecule has 2 aromatic heterocycles. The van der Waals surface area contributed by atoms with Crippen LogP contribution in [0.2, 0.25) is 0 Å². The van der Waals surface area contributed by atoms with Crippen molar-refractivity contribution in [1.82, 2.24) is 19.9 Å². The SMILES string of the molecule is C=C(Oc1ccccc1C(C)CC)c1cc(-c2nc3ccccc3o2)ccc1-c1nc(-c2ccccc2)nc(-c2ccccc2)n1. The molecule has 0 aliphatic heterocycles. The van der Waals surface area contributed by atoms with E-state index >= 15 is 0 Å². The van der Waals surface area contributed by atoms with Crippen LogP contribution in [0.5, 0.6) is 5.75 Å². The van der Waals surface area contributed by atoms with Crippen LogP contribution in [0.3, 0.4) is 0 Å². The summed E-state index contributed by atoms with van der Waals surface area (Å²) in [6.45, 7) is 8.80. The monoisotopic (exact) mass is 600 g/mol. The van der Waals surface area contributed by atoms with Gasteiger partial charge in [0, 0.05) is 27.8 Å². The summed E-state index contributed by atoms with van der Waals surface area (Å²) >= 11 is 0. The predicted molar refractivity (Wildman–Crippen MR) is 184 cm³/mol. The second kappa shape index (κ2) is 12.6. The molecule has 2 heterocycles. The highest BCUT2D eigenvalue weighted by atomic mass is 16.5. The van der Waals surface area contributed by atoms with E-state index in [4.69, 9.17) is 29.1 Å². The fourth-order valence-corrected chi connectivity index (χ4v) is 5.42. The molecule has 224 valence electrons. The predicted octanol–water partition coefficient (Wildman–Crippen LogP) is 10.2. The Hall–Kier alpha value is -5.88. The van der Waals surface area contributed by atoms with E-state index in [9.17, 15) is 0 Å². The highest BCUT2D eigenvalue weighted by molar-refractivity contribution is 5.82. The third-order valence-corrected chi connectivity index (χ3v) is 8.10. The summed E-state index contributed by atoms with van der Waals surface area (Å²) in [6.07, 6.45) is 0.987. The van der Waals surface area contributed by atoms with Crippen molar-refractivity contribution >= 4 is 16.9 Å². The number of ether oxygens (including phenoxy) is 1. The van der Waals surface area contributed by atoms with Gasteiger partial charge in [-0.15, -0.1) is 0 Å². The molecule has 1 unspecified atom stereocenters. The van der Waals surface area contributed by atoms with E-state index in [0.717, 1.165) is 56.7 Å². The number of hydrogen-bond donors (Lipinski definition) is 0. The molecule has 0 fully saturated rings. The van der Waals surface area contributed by atoms with Crippen LogP contribution in [0.1, 0.15) is 37.3 Å². The first-order chi connectivity index (χ1) is 22.6. The first-order valence-electron chi connectivity index (χ1n) is 15.4. The Morgan fingerprint density at radius 3 is 1.96 bits per heavy atom. The van der Waals surface area contributed by atoms with Gasteiger partial charge in [-0.25, -0.2) is 19.9 Å². The lowest BCUT2D eigenvalue weighted by Gasteiger charge is -2.18. The summed E-state index contributed by atoms with van der Waals surface area (Å²) in [5.74, 6) is 3.72. The van der Waals surface area contributed by atoms with Gasteiger partial charge in [0.25, 0.3) is 0 Å². The quantitative estimate of drug-likeness (QED) is 0.154. The Morgan fingerprint density at radius 2 is 1.28 bits per heavy atom. The molecule has 6 nitrogen and oxygen atoms in total. The molecule has 0 radical (unpaired) electrons. The summed E-state index contributed by atoms with van der Waals surface area (Å²) in [7, 11) is 0. The highest BCUT2D eigenvalue weighted by Gasteiger charge is 2.20. The van der Waals surface area contributed by atoms with Gasteiger partial charge in [0.1, 0.15) is 17.0 Å². The second-order valence-corrected chi connectivity index (χ2v) is 11.2. The van der Waals surface area contributed by atoms with Crippen LogP contribution in [0, 0.1) is 0 Å². The topological polar surface area (TPSA) is 73.9 Å². The summed E-state index contributed by atoms with van der Waals surface area (Å²) < 4.78 is 12.7. The van der Waals surface area contributed by atoms with E-state index in [-0.39, 0.29) is 0 Å². The molecule has 0 spiro atoms. The average Bonchev–Trinajstić information content (AvgIpc) is 3.56. The van der Waals surface area contributed by atoms with Crippen molar-refractivity contribution in [3.05, 3.63) is 145 Å². The molecule has 0 aliphatic rings. The Balaban J connectivity index is 1.40. The normalized spacial score (nSPS) is 11.8. The lowest BCUT2D eigenvalue weighted by atomic mass is 9.97. The molecular weight excluding hydrogens is 568 g/mol. The fourth-order valence-electron chi connectivity index (χ4n) is 5.42. The Morgan fingerprint density at radius 1 is 0.674 bits per heavy atom. The van der Waals surface area contributed by atoms with Gasteiger partial charge in [-0.3, -0.25) is 0 Å². The average molecular weight is 601 g/mol. The van der Waals surface area contributed by atoms with E-state index in [1.165, 1.54) is 0 Å². The number of aromatic nitrogens is 4. The van der Waals surface area contributed by atoms with Crippen molar-refractivity contribution in [2.24, 2.45) is 0 Å². The third-order valence-electron chi connectivity index (χ3n) is 8.10. The third kappa shape index (κ3) is 5.81. The first-order valence-corrected chi connectivity index (χ1v) is 15.4. The lowest BCUT2D eigenvalue weighted by molar-refractivity contribution is 0.502. The van der Waals surface area contributed by atoms with Crippen LogP contribution < -0.4 is 4.74 Å².